The first-order chi connectivity index (χ1) is 14.0. The zero-order valence-corrected chi connectivity index (χ0v) is 14.7. The second-order valence-corrected chi connectivity index (χ2v) is 5.97. The van der Waals surface area contributed by atoms with Crippen LogP contribution in [-0.4, -0.2) is 34.1 Å². The van der Waals surface area contributed by atoms with Crippen LogP contribution in [0.3, 0.4) is 0 Å². The lowest BCUT2D eigenvalue weighted by Crippen LogP contribution is -2.31. The summed E-state index contributed by atoms with van der Waals surface area (Å²) in [7, 11) is 0. The highest BCUT2D eigenvalue weighted by Gasteiger charge is 2.36. The molecule has 1 atom stereocenters. The molecular formula is C18H13N3O8. The van der Waals surface area contributed by atoms with Gasteiger partial charge in [-0.1, -0.05) is 0 Å². The quantitative estimate of drug-likeness (QED) is 0.350. The number of carbonyl (C=O) groups is 2. The Kier molecular flexibility index (Phi) is 4.69. The summed E-state index contributed by atoms with van der Waals surface area (Å²) in [6.07, 6.45) is 3.33. The largest absolute Gasteiger partial charge is 0.467 e. The number of nitrogens with zero attached hydrogens (tertiary/aromatic N) is 3. The van der Waals surface area contributed by atoms with Crippen LogP contribution in [0.4, 0.5) is 5.88 Å². The van der Waals surface area contributed by atoms with E-state index in [0.717, 1.165) is 17.1 Å². The minimum absolute atomic E-state index is 0.352. The summed E-state index contributed by atoms with van der Waals surface area (Å²) in [5.41, 5.74) is 0.540. The number of rotatable bonds is 6. The first kappa shape index (κ1) is 18.2. The SMILES string of the molecule is O=C(OCC(=O)N1N=C(c2ccco2)CC1c1ccco1)c1ccc([N+](=O)[O-])o1. The Labute approximate surface area is 162 Å². The van der Waals surface area contributed by atoms with Crippen LogP contribution in [0.1, 0.15) is 34.5 Å². The van der Waals surface area contributed by atoms with E-state index in [1.54, 1.807) is 24.3 Å². The summed E-state index contributed by atoms with van der Waals surface area (Å²) in [5, 5.41) is 16.1. The zero-order valence-electron chi connectivity index (χ0n) is 14.7. The van der Waals surface area contributed by atoms with Crippen LogP contribution in [0, 0.1) is 10.1 Å². The number of nitro groups is 1. The highest BCUT2D eigenvalue weighted by Crippen LogP contribution is 2.33. The number of furan rings is 3. The Morgan fingerprint density at radius 1 is 1.21 bits per heavy atom. The maximum Gasteiger partial charge on any atom is 0.433 e. The predicted molar refractivity (Wildman–Crippen MR) is 93.8 cm³/mol. The van der Waals surface area contributed by atoms with Crippen molar-refractivity contribution in [3.05, 3.63) is 76.3 Å². The fraction of sp³-hybridized carbons (Fsp3) is 0.167. The summed E-state index contributed by atoms with van der Waals surface area (Å²) < 4.78 is 20.4. The number of ether oxygens (including phenoxy) is 1. The molecule has 4 heterocycles. The van der Waals surface area contributed by atoms with Gasteiger partial charge in [-0.05, 0) is 30.3 Å². The first-order valence-corrected chi connectivity index (χ1v) is 8.41. The Balaban J connectivity index is 1.47. The summed E-state index contributed by atoms with van der Waals surface area (Å²) in [5.74, 6) is -1.58. The molecule has 1 unspecified atom stereocenters. The van der Waals surface area contributed by atoms with Crippen molar-refractivity contribution in [1.29, 1.82) is 0 Å². The van der Waals surface area contributed by atoms with E-state index < -0.39 is 35.3 Å². The van der Waals surface area contributed by atoms with Gasteiger partial charge in [0.15, 0.2) is 6.61 Å². The number of hydrogen-bond acceptors (Lipinski definition) is 9. The van der Waals surface area contributed by atoms with Gasteiger partial charge in [-0.2, -0.15) is 5.10 Å². The van der Waals surface area contributed by atoms with Crippen molar-refractivity contribution in [2.24, 2.45) is 5.10 Å². The maximum absolute atomic E-state index is 12.6. The normalized spacial score (nSPS) is 15.9. The van der Waals surface area contributed by atoms with Gasteiger partial charge in [-0.3, -0.25) is 14.9 Å². The van der Waals surface area contributed by atoms with Gasteiger partial charge >= 0.3 is 11.9 Å². The molecule has 11 nitrogen and oxygen atoms in total. The number of hydrogen-bond donors (Lipinski definition) is 0. The van der Waals surface area contributed by atoms with Gasteiger partial charge in [0.1, 0.15) is 28.2 Å². The van der Waals surface area contributed by atoms with Crippen LogP contribution in [-0.2, 0) is 9.53 Å². The van der Waals surface area contributed by atoms with Crippen molar-refractivity contribution in [1.82, 2.24) is 5.01 Å². The molecule has 0 aliphatic carbocycles. The Morgan fingerprint density at radius 3 is 2.66 bits per heavy atom. The summed E-state index contributed by atoms with van der Waals surface area (Å²) in [6.45, 7) is -0.639. The molecule has 3 aromatic heterocycles. The Morgan fingerprint density at radius 2 is 2.00 bits per heavy atom. The van der Waals surface area contributed by atoms with Crippen LogP contribution in [0.2, 0.25) is 0 Å². The van der Waals surface area contributed by atoms with Crippen molar-refractivity contribution < 1.29 is 32.5 Å². The van der Waals surface area contributed by atoms with Crippen molar-refractivity contribution in [2.75, 3.05) is 6.61 Å². The molecule has 0 bridgehead atoms. The molecule has 0 saturated heterocycles. The van der Waals surface area contributed by atoms with E-state index in [-0.39, 0.29) is 5.76 Å². The van der Waals surface area contributed by atoms with E-state index >= 15 is 0 Å². The van der Waals surface area contributed by atoms with Gasteiger partial charge in [0.2, 0.25) is 5.76 Å². The molecule has 11 heteroatoms. The molecule has 148 valence electrons. The fourth-order valence-corrected chi connectivity index (χ4v) is 2.83. The summed E-state index contributed by atoms with van der Waals surface area (Å²) in [6, 6.07) is 8.41. The van der Waals surface area contributed by atoms with Gasteiger partial charge in [0.25, 0.3) is 5.91 Å². The predicted octanol–water partition coefficient (Wildman–Crippen LogP) is 2.91. The number of amides is 1. The third-order valence-electron chi connectivity index (χ3n) is 4.14. The van der Waals surface area contributed by atoms with Crippen molar-refractivity contribution in [3.8, 4) is 0 Å². The molecule has 0 fully saturated rings. The lowest BCUT2D eigenvalue weighted by Gasteiger charge is -2.19. The molecule has 0 radical (unpaired) electrons. The molecule has 0 aromatic carbocycles. The minimum Gasteiger partial charge on any atom is -0.467 e. The molecule has 1 aliphatic heterocycles. The first-order valence-electron chi connectivity index (χ1n) is 8.41. The topological polar surface area (TPSA) is 142 Å². The monoisotopic (exact) mass is 399 g/mol. The van der Waals surface area contributed by atoms with Crippen LogP contribution in [0.25, 0.3) is 0 Å². The van der Waals surface area contributed by atoms with Crippen molar-refractivity contribution >= 4 is 23.5 Å². The molecule has 0 spiro atoms. The van der Waals surface area contributed by atoms with Crippen molar-refractivity contribution in [2.45, 2.75) is 12.5 Å². The van der Waals surface area contributed by atoms with E-state index in [1.807, 2.05) is 0 Å². The minimum atomic E-state index is -1.00. The number of hydrazone groups is 1. The third kappa shape index (κ3) is 3.65. The van der Waals surface area contributed by atoms with Crippen molar-refractivity contribution in [3.63, 3.8) is 0 Å². The van der Waals surface area contributed by atoms with Crippen LogP contribution in [0.5, 0.6) is 0 Å². The van der Waals surface area contributed by atoms with Gasteiger partial charge in [0.05, 0.1) is 18.6 Å². The number of carbonyl (C=O) groups excluding carboxylic acids is 2. The lowest BCUT2D eigenvalue weighted by atomic mass is 10.1. The summed E-state index contributed by atoms with van der Waals surface area (Å²) >= 11 is 0. The molecular weight excluding hydrogens is 386 g/mol. The standard InChI is InChI=1S/C18H13N3O8/c22-16(10-28-18(23)15-5-6-17(29-15)21(24)25)20-12(14-4-2-8-27-14)9-11(19-20)13-3-1-7-26-13/h1-8,12H,9-10H2. The van der Waals surface area contributed by atoms with Gasteiger partial charge < -0.3 is 18.0 Å². The van der Waals surface area contributed by atoms with E-state index in [2.05, 4.69) is 5.10 Å². The average molecular weight is 399 g/mol. The molecule has 1 aliphatic rings. The molecule has 29 heavy (non-hydrogen) atoms. The zero-order chi connectivity index (χ0) is 20.4. The number of esters is 1. The van der Waals surface area contributed by atoms with Gasteiger partial charge in [0, 0.05) is 6.42 Å². The van der Waals surface area contributed by atoms with E-state index in [1.165, 1.54) is 12.5 Å². The van der Waals surface area contributed by atoms with Crippen LogP contribution in [0.15, 0.2) is 67.3 Å². The highest BCUT2D eigenvalue weighted by molar-refractivity contribution is 6.01. The van der Waals surface area contributed by atoms with E-state index in [9.17, 15) is 19.7 Å². The fourth-order valence-electron chi connectivity index (χ4n) is 2.83. The maximum atomic E-state index is 12.6. The van der Waals surface area contributed by atoms with Crippen LogP contribution < -0.4 is 0 Å². The smallest absolute Gasteiger partial charge is 0.433 e. The summed E-state index contributed by atoms with van der Waals surface area (Å²) in [4.78, 5) is 34.5. The second kappa shape index (κ2) is 7.46. The average Bonchev–Trinajstić information content (AvgIpc) is 3.49. The molecule has 4 rings (SSSR count). The molecule has 1 amide bonds. The lowest BCUT2D eigenvalue weighted by molar-refractivity contribution is -0.402. The second-order valence-electron chi connectivity index (χ2n) is 5.97. The van der Waals surface area contributed by atoms with E-state index in [0.29, 0.717) is 23.7 Å². The van der Waals surface area contributed by atoms with E-state index in [4.69, 9.17) is 18.0 Å². The van der Waals surface area contributed by atoms with Crippen LogP contribution >= 0.6 is 0 Å². The van der Waals surface area contributed by atoms with Gasteiger partial charge in [-0.15, -0.1) is 0 Å². The third-order valence-corrected chi connectivity index (χ3v) is 4.14. The molecule has 0 N–H and O–H groups in total. The molecule has 3 aromatic rings. The highest BCUT2D eigenvalue weighted by atomic mass is 16.7. The van der Waals surface area contributed by atoms with Gasteiger partial charge in [-0.25, -0.2) is 9.80 Å². The Hall–Kier alpha value is -4.15. The Bertz CT molecular complexity index is 1060. The molecule has 0 saturated carbocycles.